The molecule has 1 saturated carbocycles. The Balaban J connectivity index is 1.82. The lowest BCUT2D eigenvalue weighted by Gasteiger charge is -2.24. The van der Waals surface area contributed by atoms with Gasteiger partial charge in [-0.25, -0.2) is 0 Å². The van der Waals surface area contributed by atoms with Crippen molar-refractivity contribution in [2.45, 2.75) is 31.9 Å². The summed E-state index contributed by atoms with van der Waals surface area (Å²) in [6, 6.07) is 7.39. The van der Waals surface area contributed by atoms with Gasteiger partial charge in [0, 0.05) is 12.1 Å². The zero-order valence-corrected chi connectivity index (χ0v) is 13.3. The first-order valence-corrected chi connectivity index (χ1v) is 7.76. The van der Waals surface area contributed by atoms with Gasteiger partial charge in [-0.3, -0.25) is 4.79 Å². The molecule has 2 atom stereocenters. The van der Waals surface area contributed by atoms with E-state index < -0.39 is 0 Å². The molecule has 1 aliphatic carbocycles. The number of amides is 1. The van der Waals surface area contributed by atoms with Gasteiger partial charge in [-0.2, -0.15) is 0 Å². The summed E-state index contributed by atoms with van der Waals surface area (Å²) in [6.07, 6.45) is 2.38. The van der Waals surface area contributed by atoms with Crippen molar-refractivity contribution in [2.75, 3.05) is 20.2 Å². The van der Waals surface area contributed by atoms with Gasteiger partial charge < -0.3 is 15.4 Å². The molecule has 0 saturated heterocycles. The smallest absolute Gasteiger partial charge is 0.234 e. The number of carbonyl (C=O) groups is 1. The van der Waals surface area contributed by atoms with Crippen molar-refractivity contribution in [2.24, 2.45) is 5.92 Å². The van der Waals surface area contributed by atoms with Crippen molar-refractivity contribution in [1.29, 1.82) is 0 Å². The molecule has 1 aliphatic rings. The van der Waals surface area contributed by atoms with Crippen molar-refractivity contribution in [3.05, 3.63) is 34.9 Å². The molecule has 0 aliphatic heterocycles. The summed E-state index contributed by atoms with van der Waals surface area (Å²) in [7, 11) is 1.65. The molecule has 2 unspecified atom stereocenters. The summed E-state index contributed by atoms with van der Waals surface area (Å²) in [4.78, 5) is 11.9. The number of ether oxygens (including phenoxy) is 1. The van der Waals surface area contributed by atoms with Crippen molar-refractivity contribution in [3.63, 3.8) is 0 Å². The topological polar surface area (TPSA) is 50.4 Å². The van der Waals surface area contributed by atoms with E-state index in [1.54, 1.807) is 7.11 Å². The van der Waals surface area contributed by atoms with Gasteiger partial charge in [0.25, 0.3) is 0 Å². The molecular formula is C16H23ClN2O2. The molecule has 4 nitrogen and oxygen atoms in total. The minimum atomic E-state index is -0.186. The van der Waals surface area contributed by atoms with Crippen LogP contribution in [0.3, 0.4) is 0 Å². The maximum Gasteiger partial charge on any atom is 0.234 e. The summed E-state index contributed by atoms with van der Waals surface area (Å²) in [5.41, 5.74) is 1.00. The molecule has 1 aromatic carbocycles. The van der Waals surface area contributed by atoms with Crippen LogP contribution in [0.2, 0.25) is 5.02 Å². The number of halogens is 1. The van der Waals surface area contributed by atoms with Gasteiger partial charge in [-0.05, 0) is 49.9 Å². The second-order valence-electron chi connectivity index (χ2n) is 5.64. The Morgan fingerprint density at radius 2 is 2.05 bits per heavy atom. The molecule has 5 heteroatoms. The highest BCUT2D eigenvalue weighted by atomic mass is 35.5. The van der Waals surface area contributed by atoms with Gasteiger partial charge in [0.15, 0.2) is 0 Å². The Kier molecular flexibility index (Phi) is 6.03. The molecule has 0 spiro atoms. The van der Waals surface area contributed by atoms with E-state index in [2.05, 4.69) is 10.6 Å². The molecule has 0 aromatic heterocycles. The highest BCUT2D eigenvalue weighted by Crippen LogP contribution is 2.27. The van der Waals surface area contributed by atoms with Gasteiger partial charge in [0.2, 0.25) is 5.91 Å². The summed E-state index contributed by atoms with van der Waals surface area (Å²) in [5.74, 6) is 0.773. The fourth-order valence-corrected chi connectivity index (χ4v) is 2.50. The number of hydrogen-bond donors (Lipinski definition) is 2. The second kappa shape index (κ2) is 7.78. The van der Waals surface area contributed by atoms with Gasteiger partial charge >= 0.3 is 0 Å². The van der Waals surface area contributed by atoms with Crippen LogP contribution in [0.4, 0.5) is 0 Å². The van der Waals surface area contributed by atoms with Crippen molar-refractivity contribution in [1.82, 2.24) is 10.6 Å². The lowest BCUT2D eigenvalue weighted by Crippen LogP contribution is -2.42. The monoisotopic (exact) mass is 310 g/mol. The average Bonchev–Trinajstić information content (AvgIpc) is 3.26. The van der Waals surface area contributed by atoms with Crippen LogP contribution in [0, 0.1) is 5.92 Å². The van der Waals surface area contributed by atoms with E-state index in [0.29, 0.717) is 11.6 Å². The third-order valence-corrected chi connectivity index (χ3v) is 3.96. The molecule has 116 valence electrons. The molecule has 1 amide bonds. The molecule has 2 N–H and O–H groups in total. The second-order valence-corrected chi connectivity index (χ2v) is 6.07. The van der Waals surface area contributed by atoms with Gasteiger partial charge in [-0.15, -0.1) is 0 Å². The first kappa shape index (κ1) is 16.3. The van der Waals surface area contributed by atoms with Gasteiger partial charge in [0.05, 0.1) is 12.6 Å². The predicted octanol–water partition coefficient (Wildman–Crippen LogP) is 2.53. The van der Waals surface area contributed by atoms with Crippen molar-refractivity contribution >= 4 is 17.5 Å². The van der Waals surface area contributed by atoms with E-state index in [1.165, 1.54) is 12.8 Å². The van der Waals surface area contributed by atoms with E-state index in [0.717, 1.165) is 18.0 Å². The Morgan fingerprint density at radius 3 is 2.62 bits per heavy atom. The van der Waals surface area contributed by atoms with Gasteiger partial charge in [0.1, 0.15) is 6.10 Å². The number of carbonyl (C=O) groups excluding carboxylic acids is 1. The lowest BCUT2D eigenvalue weighted by atomic mass is 10.0. The lowest BCUT2D eigenvalue weighted by molar-refractivity contribution is -0.121. The SMILES string of the molecule is COC(c1ccc(Cl)cc1)C(C)NC(=O)CNCC1CC1. The number of nitrogens with one attached hydrogen (secondary N) is 2. The van der Waals surface area contributed by atoms with Crippen LogP contribution in [-0.4, -0.2) is 32.1 Å². The van der Waals surface area contributed by atoms with Crippen LogP contribution in [0.25, 0.3) is 0 Å². The zero-order valence-electron chi connectivity index (χ0n) is 12.6. The fraction of sp³-hybridized carbons (Fsp3) is 0.562. The Bertz CT molecular complexity index is 460. The highest BCUT2D eigenvalue weighted by molar-refractivity contribution is 6.30. The molecule has 0 radical (unpaired) electrons. The summed E-state index contributed by atoms with van der Waals surface area (Å²) in [6.45, 7) is 3.24. The van der Waals surface area contributed by atoms with E-state index in [9.17, 15) is 4.79 Å². The molecule has 1 aromatic rings. The maximum atomic E-state index is 11.9. The maximum absolute atomic E-state index is 11.9. The average molecular weight is 311 g/mol. The van der Waals surface area contributed by atoms with Crippen LogP contribution in [-0.2, 0) is 9.53 Å². The minimum absolute atomic E-state index is 0.000775. The Morgan fingerprint density at radius 1 is 1.38 bits per heavy atom. The van der Waals surface area contributed by atoms with E-state index in [1.807, 2.05) is 31.2 Å². The first-order valence-electron chi connectivity index (χ1n) is 7.38. The van der Waals surface area contributed by atoms with E-state index in [4.69, 9.17) is 16.3 Å². The third-order valence-electron chi connectivity index (χ3n) is 3.71. The number of hydrogen-bond acceptors (Lipinski definition) is 3. The molecule has 21 heavy (non-hydrogen) atoms. The summed E-state index contributed by atoms with van der Waals surface area (Å²) < 4.78 is 5.51. The number of rotatable bonds is 8. The van der Waals surface area contributed by atoms with Crippen LogP contribution in [0.1, 0.15) is 31.4 Å². The number of methoxy groups -OCH3 is 1. The molecule has 0 heterocycles. The van der Waals surface area contributed by atoms with Gasteiger partial charge in [-0.1, -0.05) is 23.7 Å². The summed E-state index contributed by atoms with van der Waals surface area (Å²) in [5, 5.41) is 6.85. The molecule has 2 rings (SSSR count). The normalized spacial score (nSPS) is 17.3. The van der Waals surface area contributed by atoms with Crippen LogP contribution in [0.5, 0.6) is 0 Å². The van der Waals surface area contributed by atoms with E-state index in [-0.39, 0.29) is 18.1 Å². The highest BCUT2D eigenvalue weighted by Gasteiger charge is 2.22. The minimum Gasteiger partial charge on any atom is -0.375 e. The Hall–Kier alpha value is -1.10. The molecule has 0 bridgehead atoms. The predicted molar refractivity (Wildman–Crippen MR) is 84.4 cm³/mol. The van der Waals surface area contributed by atoms with Crippen molar-refractivity contribution < 1.29 is 9.53 Å². The van der Waals surface area contributed by atoms with E-state index >= 15 is 0 Å². The van der Waals surface area contributed by atoms with Crippen molar-refractivity contribution in [3.8, 4) is 0 Å². The fourth-order valence-electron chi connectivity index (χ4n) is 2.37. The zero-order chi connectivity index (χ0) is 15.2. The largest absolute Gasteiger partial charge is 0.375 e. The van der Waals surface area contributed by atoms with Crippen LogP contribution >= 0.6 is 11.6 Å². The quantitative estimate of drug-likeness (QED) is 0.776. The van der Waals surface area contributed by atoms with Crippen LogP contribution in [0.15, 0.2) is 24.3 Å². The first-order chi connectivity index (χ1) is 10.1. The number of benzene rings is 1. The third kappa shape index (κ3) is 5.30. The molecule has 1 fully saturated rings. The van der Waals surface area contributed by atoms with Crippen LogP contribution < -0.4 is 10.6 Å². The Labute approximate surface area is 131 Å². The standard InChI is InChI=1S/C16H23ClN2O2/c1-11(19-15(20)10-18-9-12-3-4-12)16(21-2)13-5-7-14(17)8-6-13/h5-8,11-12,16,18H,3-4,9-10H2,1-2H3,(H,19,20). The molecular weight excluding hydrogens is 288 g/mol. The summed E-state index contributed by atoms with van der Waals surface area (Å²) >= 11 is 5.89.